The van der Waals surface area contributed by atoms with Crippen LogP contribution in [0.25, 0.3) is 0 Å². The van der Waals surface area contributed by atoms with Gasteiger partial charge in [0.1, 0.15) is 5.75 Å². The number of nitrogens with zero attached hydrogens (tertiary/aromatic N) is 3. The van der Waals surface area contributed by atoms with Crippen LogP contribution in [0.4, 0.5) is 0 Å². The second-order valence-corrected chi connectivity index (χ2v) is 8.23. The summed E-state index contributed by atoms with van der Waals surface area (Å²) in [6, 6.07) is 5.65. The van der Waals surface area contributed by atoms with Crippen LogP contribution in [0.5, 0.6) is 5.75 Å². The van der Waals surface area contributed by atoms with Gasteiger partial charge in [-0.3, -0.25) is 14.3 Å². The molecule has 2 aromatic rings. The minimum Gasteiger partial charge on any atom is -0.493 e. The molecule has 0 unspecified atom stereocenters. The fourth-order valence-corrected chi connectivity index (χ4v) is 4.23. The third-order valence-electron chi connectivity index (χ3n) is 6.20. The van der Waals surface area contributed by atoms with Crippen molar-refractivity contribution in [1.82, 2.24) is 14.7 Å². The summed E-state index contributed by atoms with van der Waals surface area (Å²) in [6.07, 6.45) is 1.59. The van der Waals surface area contributed by atoms with Gasteiger partial charge in [-0.15, -0.1) is 0 Å². The van der Waals surface area contributed by atoms with E-state index in [1.807, 2.05) is 55.6 Å². The molecule has 0 radical (unpaired) electrons. The van der Waals surface area contributed by atoms with Gasteiger partial charge in [0.25, 0.3) is 5.91 Å². The number of amides is 1. The molecule has 1 fully saturated rings. The number of fused-ring (bicyclic) bond motifs is 1. The Balaban J connectivity index is 1.57. The second-order valence-electron chi connectivity index (χ2n) is 8.23. The van der Waals surface area contributed by atoms with E-state index in [-0.39, 0.29) is 23.7 Å². The molecule has 0 bridgehead atoms. The van der Waals surface area contributed by atoms with Crippen LogP contribution in [0.2, 0.25) is 0 Å². The highest BCUT2D eigenvalue weighted by Gasteiger charge is 2.45. The standard InChI is InChI=1S/C23H29N3O4/c1-5-29-23(28)19-11-18(19)12-26(13-20-14(2)24-25(4)15(20)3)22(27)17-6-7-21-16(10-17)8-9-30-21/h6-7,10,18-19H,5,8-9,11-13H2,1-4H3/t18-,19-/m0/s1. The molecule has 1 aromatic heterocycles. The van der Waals surface area contributed by atoms with E-state index < -0.39 is 0 Å². The smallest absolute Gasteiger partial charge is 0.309 e. The molecule has 30 heavy (non-hydrogen) atoms. The number of aryl methyl sites for hydroxylation is 2. The summed E-state index contributed by atoms with van der Waals surface area (Å²) in [5.41, 5.74) is 4.76. The lowest BCUT2D eigenvalue weighted by molar-refractivity contribution is -0.145. The van der Waals surface area contributed by atoms with Crippen LogP contribution < -0.4 is 4.74 Å². The van der Waals surface area contributed by atoms with Crippen LogP contribution in [0.1, 0.15) is 46.2 Å². The van der Waals surface area contributed by atoms with E-state index in [1.54, 1.807) is 0 Å². The van der Waals surface area contributed by atoms with Gasteiger partial charge in [0.05, 0.1) is 24.8 Å². The zero-order valence-corrected chi connectivity index (χ0v) is 18.1. The summed E-state index contributed by atoms with van der Waals surface area (Å²) in [7, 11) is 1.91. The lowest BCUT2D eigenvalue weighted by Crippen LogP contribution is -2.33. The summed E-state index contributed by atoms with van der Waals surface area (Å²) in [6.45, 7) is 7.86. The molecule has 160 valence electrons. The Morgan fingerprint density at radius 3 is 2.83 bits per heavy atom. The highest BCUT2D eigenvalue weighted by molar-refractivity contribution is 5.94. The van der Waals surface area contributed by atoms with Gasteiger partial charge in [-0.25, -0.2) is 0 Å². The molecule has 1 aromatic carbocycles. The number of hydrogen-bond donors (Lipinski definition) is 0. The predicted octanol–water partition coefficient (Wildman–Crippen LogP) is 2.81. The first-order valence-corrected chi connectivity index (χ1v) is 10.6. The first kappa shape index (κ1) is 20.4. The average molecular weight is 412 g/mol. The first-order valence-electron chi connectivity index (χ1n) is 10.6. The zero-order chi connectivity index (χ0) is 21.4. The predicted molar refractivity (Wildman–Crippen MR) is 111 cm³/mol. The monoisotopic (exact) mass is 411 g/mol. The van der Waals surface area contributed by atoms with Crippen molar-refractivity contribution in [1.29, 1.82) is 0 Å². The number of rotatable bonds is 7. The maximum Gasteiger partial charge on any atom is 0.309 e. The maximum absolute atomic E-state index is 13.5. The van der Waals surface area contributed by atoms with E-state index in [4.69, 9.17) is 9.47 Å². The van der Waals surface area contributed by atoms with Crippen molar-refractivity contribution in [2.45, 2.75) is 40.2 Å². The zero-order valence-electron chi connectivity index (χ0n) is 18.1. The fourth-order valence-electron chi connectivity index (χ4n) is 4.23. The number of carbonyl (C=O) groups excluding carboxylic acids is 2. The van der Waals surface area contributed by atoms with Gasteiger partial charge in [0.15, 0.2) is 0 Å². The molecule has 4 rings (SSSR count). The SMILES string of the molecule is CCOC(=O)[C@H]1C[C@H]1CN(Cc1c(C)nn(C)c1C)C(=O)c1ccc2c(c1)CCO2. The molecule has 2 heterocycles. The van der Waals surface area contributed by atoms with Gasteiger partial charge >= 0.3 is 5.97 Å². The van der Waals surface area contributed by atoms with Gasteiger partial charge < -0.3 is 14.4 Å². The lowest BCUT2D eigenvalue weighted by atomic mass is 10.1. The Hall–Kier alpha value is -2.83. The highest BCUT2D eigenvalue weighted by atomic mass is 16.5. The summed E-state index contributed by atoms with van der Waals surface area (Å²) in [5.74, 6) is 0.717. The summed E-state index contributed by atoms with van der Waals surface area (Å²) >= 11 is 0. The number of benzene rings is 1. The van der Waals surface area contributed by atoms with Crippen molar-refractivity contribution in [3.05, 3.63) is 46.3 Å². The minimum absolute atomic E-state index is 0.0261. The fraction of sp³-hybridized carbons (Fsp3) is 0.522. The second kappa shape index (κ2) is 8.13. The quantitative estimate of drug-likeness (QED) is 0.655. The number of ether oxygens (including phenoxy) is 2. The van der Waals surface area contributed by atoms with E-state index in [1.165, 1.54) is 0 Å². The molecule has 1 aliphatic heterocycles. The van der Waals surface area contributed by atoms with Crippen LogP contribution in [-0.4, -0.2) is 46.3 Å². The first-order chi connectivity index (χ1) is 14.4. The third-order valence-corrected chi connectivity index (χ3v) is 6.20. The Morgan fingerprint density at radius 2 is 2.13 bits per heavy atom. The highest BCUT2D eigenvalue weighted by Crippen LogP contribution is 2.40. The van der Waals surface area contributed by atoms with Crippen LogP contribution in [0.3, 0.4) is 0 Å². The normalized spacial score (nSPS) is 19.2. The van der Waals surface area contributed by atoms with Gasteiger partial charge in [-0.1, -0.05) is 0 Å². The minimum atomic E-state index is -0.154. The third kappa shape index (κ3) is 3.93. The molecule has 2 atom stereocenters. The molecule has 1 aliphatic carbocycles. The van der Waals surface area contributed by atoms with Crippen LogP contribution in [0, 0.1) is 25.7 Å². The summed E-state index contributed by atoms with van der Waals surface area (Å²) in [4.78, 5) is 27.4. The molecule has 0 N–H and O–H groups in total. The Labute approximate surface area is 177 Å². The van der Waals surface area contributed by atoms with Crippen molar-refractivity contribution in [2.75, 3.05) is 19.8 Å². The van der Waals surface area contributed by atoms with Crippen molar-refractivity contribution >= 4 is 11.9 Å². The van der Waals surface area contributed by atoms with Crippen molar-refractivity contribution in [2.24, 2.45) is 18.9 Å². The van der Waals surface area contributed by atoms with E-state index in [2.05, 4.69) is 5.10 Å². The summed E-state index contributed by atoms with van der Waals surface area (Å²) in [5, 5.41) is 4.49. The molecule has 7 nitrogen and oxygen atoms in total. The summed E-state index contributed by atoms with van der Waals surface area (Å²) < 4.78 is 12.6. The van der Waals surface area contributed by atoms with Gasteiger partial charge in [0.2, 0.25) is 0 Å². The van der Waals surface area contributed by atoms with Crippen molar-refractivity contribution in [3.8, 4) is 5.75 Å². The molecular weight excluding hydrogens is 382 g/mol. The molecule has 2 aliphatic rings. The average Bonchev–Trinajstić information content (AvgIpc) is 3.26. The van der Waals surface area contributed by atoms with E-state index in [9.17, 15) is 9.59 Å². The van der Waals surface area contributed by atoms with Crippen LogP contribution in [0.15, 0.2) is 18.2 Å². The molecule has 1 saturated carbocycles. The molecule has 1 amide bonds. The number of esters is 1. The Bertz CT molecular complexity index is 981. The molecule has 7 heteroatoms. The van der Waals surface area contributed by atoms with Crippen molar-refractivity contribution in [3.63, 3.8) is 0 Å². The van der Waals surface area contributed by atoms with Crippen LogP contribution in [-0.2, 0) is 29.5 Å². The maximum atomic E-state index is 13.5. The molecule has 0 spiro atoms. The van der Waals surface area contributed by atoms with Gasteiger partial charge in [-0.05, 0) is 56.9 Å². The van der Waals surface area contributed by atoms with Crippen molar-refractivity contribution < 1.29 is 19.1 Å². The van der Waals surface area contributed by atoms with E-state index in [0.29, 0.717) is 31.9 Å². The number of aromatic nitrogens is 2. The molecule has 0 saturated heterocycles. The molecular formula is C23H29N3O4. The lowest BCUT2D eigenvalue weighted by Gasteiger charge is -2.24. The van der Waals surface area contributed by atoms with Gasteiger partial charge in [0, 0.05) is 43.4 Å². The van der Waals surface area contributed by atoms with Gasteiger partial charge in [-0.2, -0.15) is 5.10 Å². The Kier molecular flexibility index (Phi) is 5.54. The number of hydrogen-bond acceptors (Lipinski definition) is 5. The van der Waals surface area contributed by atoms with Crippen LogP contribution >= 0.6 is 0 Å². The largest absolute Gasteiger partial charge is 0.493 e. The van der Waals surface area contributed by atoms with E-state index in [0.717, 1.165) is 41.1 Å². The Morgan fingerprint density at radius 1 is 1.33 bits per heavy atom. The van der Waals surface area contributed by atoms with E-state index >= 15 is 0 Å². The number of carbonyl (C=O) groups is 2. The topological polar surface area (TPSA) is 73.7 Å².